The molecule has 1 heterocycles. The second-order valence-corrected chi connectivity index (χ2v) is 7.03. The Morgan fingerprint density at radius 3 is 2.68 bits per heavy atom. The average molecular weight is 377 g/mol. The number of rotatable bonds is 8. The Labute approximate surface area is 165 Å². The van der Waals surface area contributed by atoms with Gasteiger partial charge in [0.1, 0.15) is 0 Å². The van der Waals surface area contributed by atoms with Crippen molar-refractivity contribution in [3.63, 3.8) is 0 Å². The summed E-state index contributed by atoms with van der Waals surface area (Å²) in [6.07, 6.45) is 4.74. The monoisotopic (exact) mass is 377 g/mol. The van der Waals surface area contributed by atoms with E-state index >= 15 is 0 Å². The van der Waals surface area contributed by atoms with E-state index in [0.717, 1.165) is 31.3 Å². The molecule has 3 rings (SSSR count). The minimum Gasteiger partial charge on any atom is -0.361 e. The second kappa shape index (κ2) is 9.22. The number of fused-ring (bicyclic) bond motifs is 1. The Hall–Kier alpha value is -3.08. The SMILES string of the molecule is CCCCN(C)C(=O)c1cccc(C(=O)NCCc2c[nH]c3ccccc23)c1. The average Bonchev–Trinajstić information content (AvgIpc) is 3.14. The summed E-state index contributed by atoms with van der Waals surface area (Å²) in [5, 5.41) is 4.13. The molecule has 2 N–H and O–H groups in total. The second-order valence-electron chi connectivity index (χ2n) is 7.03. The summed E-state index contributed by atoms with van der Waals surface area (Å²) in [4.78, 5) is 30.0. The van der Waals surface area contributed by atoms with Gasteiger partial charge in [0.25, 0.3) is 11.8 Å². The van der Waals surface area contributed by atoms with E-state index in [0.29, 0.717) is 17.7 Å². The fourth-order valence-corrected chi connectivity index (χ4v) is 3.26. The summed E-state index contributed by atoms with van der Waals surface area (Å²) in [7, 11) is 1.80. The molecule has 2 aromatic carbocycles. The normalized spacial score (nSPS) is 10.8. The number of aromatic nitrogens is 1. The first kappa shape index (κ1) is 19.7. The van der Waals surface area contributed by atoms with E-state index in [1.165, 1.54) is 10.9 Å². The minimum atomic E-state index is -0.161. The molecule has 0 saturated heterocycles. The third-order valence-corrected chi connectivity index (χ3v) is 4.92. The van der Waals surface area contributed by atoms with Crippen molar-refractivity contribution >= 4 is 22.7 Å². The Morgan fingerprint density at radius 1 is 1.07 bits per heavy atom. The quantitative estimate of drug-likeness (QED) is 0.623. The van der Waals surface area contributed by atoms with Crippen LogP contribution in [0.4, 0.5) is 0 Å². The van der Waals surface area contributed by atoms with Crippen molar-refractivity contribution in [1.29, 1.82) is 0 Å². The molecule has 3 aromatic rings. The van der Waals surface area contributed by atoms with E-state index < -0.39 is 0 Å². The largest absolute Gasteiger partial charge is 0.361 e. The number of unbranched alkanes of at least 4 members (excludes halogenated alkanes) is 1. The summed E-state index contributed by atoms with van der Waals surface area (Å²) in [6, 6.07) is 15.1. The number of H-pyrrole nitrogens is 1. The number of hydrogen-bond acceptors (Lipinski definition) is 2. The molecule has 28 heavy (non-hydrogen) atoms. The lowest BCUT2D eigenvalue weighted by Gasteiger charge is -2.17. The number of nitrogens with one attached hydrogen (secondary N) is 2. The van der Waals surface area contributed by atoms with Crippen LogP contribution in [0.15, 0.2) is 54.7 Å². The number of benzene rings is 2. The molecule has 0 fully saturated rings. The lowest BCUT2D eigenvalue weighted by atomic mass is 10.1. The van der Waals surface area contributed by atoms with Crippen LogP contribution in [0, 0.1) is 0 Å². The highest BCUT2D eigenvalue weighted by molar-refractivity contribution is 5.99. The Kier molecular flexibility index (Phi) is 6.48. The fraction of sp³-hybridized carbons (Fsp3) is 0.304. The number of carbonyl (C=O) groups excluding carboxylic acids is 2. The first-order valence-corrected chi connectivity index (χ1v) is 9.79. The highest BCUT2D eigenvalue weighted by Crippen LogP contribution is 2.17. The third-order valence-electron chi connectivity index (χ3n) is 4.92. The maximum atomic E-state index is 12.5. The lowest BCUT2D eigenvalue weighted by Crippen LogP contribution is -2.29. The van der Waals surface area contributed by atoms with E-state index in [2.05, 4.69) is 23.3 Å². The Morgan fingerprint density at radius 2 is 1.86 bits per heavy atom. The van der Waals surface area contributed by atoms with E-state index in [1.807, 2.05) is 24.4 Å². The summed E-state index contributed by atoms with van der Waals surface area (Å²) >= 11 is 0. The van der Waals surface area contributed by atoms with Gasteiger partial charge in [-0.05, 0) is 42.7 Å². The van der Waals surface area contributed by atoms with Gasteiger partial charge in [-0.1, -0.05) is 37.6 Å². The van der Waals surface area contributed by atoms with Gasteiger partial charge >= 0.3 is 0 Å². The van der Waals surface area contributed by atoms with Crippen LogP contribution in [0.1, 0.15) is 46.0 Å². The van der Waals surface area contributed by atoms with Gasteiger partial charge in [-0.2, -0.15) is 0 Å². The molecule has 0 bridgehead atoms. The maximum Gasteiger partial charge on any atom is 0.253 e. The highest BCUT2D eigenvalue weighted by atomic mass is 16.2. The lowest BCUT2D eigenvalue weighted by molar-refractivity contribution is 0.0793. The number of nitrogens with zero attached hydrogens (tertiary/aromatic N) is 1. The Balaban J connectivity index is 1.59. The standard InChI is InChI=1S/C23H27N3O2/c1-3-4-14-26(2)23(28)18-9-7-8-17(15-18)22(27)24-13-12-19-16-25-21-11-6-5-10-20(19)21/h5-11,15-16,25H,3-4,12-14H2,1-2H3,(H,24,27). The highest BCUT2D eigenvalue weighted by Gasteiger charge is 2.14. The van der Waals surface area contributed by atoms with Crippen molar-refractivity contribution in [3.05, 3.63) is 71.4 Å². The van der Waals surface area contributed by atoms with Crippen molar-refractivity contribution in [2.45, 2.75) is 26.2 Å². The summed E-state index contributed by atoms with van der Waals surface area (Å²) in [6.45, 7) is 3.35. The van der Waals surface area contributed by atoms with Crippen LogP contribution < -0.4 is 5.32 Å². The van der Waals surface area contributed by atoms with Crippen molar-refractivity contribution in [2.24, 2.45) is 0 Å². The van der Waals surface area contributed by atoms with E-state index in [-0.39, 0.29) is 11.8 Å². The van der Waals surface area contributed by atoms with Crippen LogP contribution >= 0.6 is 0 Å². The predicted molar refractivity (Wildman–Crippen MR) is 113 cm³/mol. The smallest absolute Gasteiger partial charge is 0.253 e. The van der Waals surface area contributed by atoms with Crippen molar-refractivity contribution < 1.29 is 9.59 Å². The van der Waals surface area contributed by atoms with Gasteiger partial charge in [0, 0.05) is 48.4 Å². The molecular formula is C23H27N3O2. The first-order valence-electron chi connectivity index (χ1n) is 9.79. The van der Waals surface area contributed by atoms with E-state index in [1.54, 1.807) is 36.2 Å². The van der Waals surface area contributed by atoms with E-state index in [4.69, 9.17) is 0 Å². The van der Waals surface area contributed by atoms with E-state index in [9.17, 15) is 9.59 Å². The molecule has 0 spiro atoms. The molecule has 146 valence electrons. The van der Waals surface area contributed by atoms with Crippen LogP contribution in [-0.2, 0) is 6.42 Å². The zero-order chi connectivity index (χ0) is 19.9. The van der Waals surface area contributed by atoms with Gasteiger partial charge in [-0.3, -0.25) is 9.59 Å². The Bertz CT molecular complexity index is 961. The number of hydrogen-bond donors (Lipinski definition) is 2. The number of amides is 2. The molecule has 0 unspecified atom stereocenters. The minimum absolute atomic E-state index is 0.0538. The summed E-state index contributed by atoms with van der Waals surface area (Å²) < 4.78 is 0. The molecule has 5 heteroatoms. The first-order chi connectivity index (χ1) is 13.6. The molecule has 5 nitrogen and oxygen atoms in total. The van der Waals surface area contributed by atoms with Crippen LogP contribution in [0.2, 0.25) is 0 Å². The van der Waals surface area contributed by atoms with Gasteiger partial charge < -0.3 is 15.2 Å². The zero-order valence-electron chi connectivity index (χ0n) is 16.5. The van der Waals surface area contributed by atoms with Gasteiger partial charge in [0.15, 0.2) is 0 Å². The molecule has 0 atom stereocenters. The molecule has 0 aliphatic rings. The molecular weight excluding hydrogens is 350 g/mol. The molecule has 1 aromatic heterocycles. The van der Waals surface area contributed by atoms with Gasteiger partial charge in [-0.25, -0.2) is 0 Å². The summed E-state index contributed by atoms with van der Waals surface area (Å²) in [5.74, 6) is -0.215. The predicted octanol–water partition coefficient (Wildman–Crippen LogP) is 4.01. The van der Waals surface area contributed by atoms with Crippen LogP contribution in [0.5, 0.6) is 0 Å². The van der Waals surface area contributed by atoms with Crippen LogP contribution in [-0.4, -0.2) is 41.8 Å². The molecule has 0 aliphatic carbocycles. The molecule has 0 radical (unpaired) electrons. The van der Waals surface area contributed by atoms with Gasteiger partial charge in [-0.15, -0.1) is 0 Å². The number of carbonyl (C=O) groups is 2. The number of aromatic amines is 1. The summed E-state index contributed by atoms with van der Waals surface area (Å²) in [5.41, 5.74) is 3.33. The van der Waals surface area contributed by atoms with Crippen LogP contribution in [0.3, 0.4) is 0 Å². The van der Waals surface area contributed by atoms with Crippen molar-refractivity contribution in [1.82, 2.24) is 15.2 Å². The fourth-order valence-electron chi connectivity index (χ4n) is 3.26. The van der Waals surface area contributed by atoms with Gasteiger partial charge in [0.2, 0.25) is 0 Å². The molecule has 2 amide bonds. The zero-order valence-corrected chi connectivity index (χ0v) is 16.5. The third kappa shape index (κ3) is 4.60. The van der Waals surface area contributed by atoms with Crippen LogP contribution in [0.25, 0.3) is 10.9 Å². The topological polar surface area (TPSA) is 65.2 Å². The molecule has 0 aliphatic heterocycles. The van der Waals surface area contributed by atoms with Crippen molar-refractivity contribution in [3.8, 4) is 0 Å². The van der Waals surface area contributed by atoms with Crippen molar-refractivity contribution in [2.75, 3.05) is 20.1 Å². The molecule has 0 saturated carbocycles. The number of para-hydroxylation sites is 1. The maximum absolute atomic E-state index is 12.5. The van der Waals surface area contributed by atoms with Gasteiger partial charge in [0.05, 0.1) is 0 Å².